The summed E-state index contributed by atoms with van der Waals surface area (Å²) in [5.41, 5.74) is 2.48. The van der Waals surface area contributed by atoms with Crippen molar-refractivity contribution >= 4 is 10.0 Å². The summed E-state index contributed by atoms with van der Waals surface area (Å²) in [5.74, 6) is 1.22. The topological polar surface area (TPSA) is 98.2 Å². The molecule has 4 rings (SSSR count). The highest BCUT2D eigenvalue weighted by atomic mass is 32.2. The molecule has 8 heteroatoms. The first-order chi connectivity index (χ1) is 13.5. The molecule has 0 saturated heterocycles. The molecule has 0 aliphatic heterocycles. The molecule has 2 heterocycles. The molecule has 0 bridgehead atoms. The van der Waals surface area contributed by atoms with Crippen LogP contribution in [0.3, 0.4) is 0 Å². The van der Waals surface area contributed by atoms with E-state index in [1.807, 2.05) is 31.2 Å². The second kappa shape index (κ2) is 7.41. The molecular formula is C20H17N3O4S. The van der Waals surface area contributed by atoms with E-state index >= 15 is 0 Å². The van der Waals surface area contributed by atoms with Crippen molar-refractivity contribution < 1.29 is 17.4 Å². The number of nitrogens with one attached hydrogen (secondary N) is 1. The summed E-state index contributed by atoms with van der Waals surface area (Å²) in [6.07, 6.45) is 1.49. The van der Waals surface area contributed by atoms with Crippen LogP contribution in [-0.4, -0.2) is 18.6 Å². The average molecular weight is 395 g/mol. The summed E-state index contributed by atoms with van der Waals surface area (Å²) in [6.45, 7) is 2.06. The van der Waals surface area contributed by atoms with Gasteiger partial charge in [0.1, 0.15) is 5.76 Å². The van der Waals surface area contributed by atoms with Gasteiger partial charge in [-0.05, 0) is 37.3 Å². The maximum atomic E-state index is 12.6. The number of nitrogens with zero attached hydrogens (tertiary/aromatic N) is 2. The highest BCUT2D eigenvalue weighted by Crippen LogP contribution is 2.24. The molecule has 2 aromatic carbocycles. The third-order valence-electron chi connectivity index (χ3n) is 4.14. The number of hydrogen-bond acceptors (Lipinski definition) is 6. The lowest BCUT2D eigenvalue weighted by atomic mass is 10.1. The molecule has 1 N–H and O–H groups in total. The Balaban J connectivity index is 1.57. The minimum absolute atomic E-state index is 0.0672. The standard InChI is InChI=1S/C20H17N3O4S/c1-14-7-9-15(10-8-14)19-22-20(27-23-19)16-4-2-6-18(12-16)28(24,25)21-13-17-5-3-11-26-17/h2-12,21H,13H2,1H3. The van der Waals surface area contributed by atoms with Crippen LogP contribution in [0.15, 0.2) is 80.8 Å². The van der Waals surface area contributed by atoms with E-state index in [0.29, 0.717) is 17.1 Å². The van der Waals surface area contributed by atoms with Gasteiger partial charge in [0.2, 0.25) is 15.8 Å². The van der Waals surface area contributed by atoms with Crippen LogP contribution >= 0.6 is 0 Å². The van der Waals surface area contributed by atoms with E-state index in [-0.39, 0.29) is 17.3 Å². The van der Waals surface area contributed by atoms with Crippen molar-refractivity contribution in [1.82, 2.24) is 14.9 Å². The molecule has 4 aromatic rings. The normalized spacial score (nSPS) is 11.6. The number of benzene rings is 2. The van der Waals surface area contributed by atoms with Crippen LogP contribution in [0.2, 0.25) is 0 Å². The quantitative estimate of drug-likeness (QED) is 0.533. The monoisotopic (exact) mass is 395 g/mol. The Morgan fingerprint density at radius 1 is 1.00 bits per heavy atom. The molecule has 142 valence electrons. The largest absolute Gasteiger partial charge is 0.468 e. The zero-order valence-electron chi connectivity index (χ0n) is 15.0. The number of aromatic nitrogens is 2. The third-order valence-corrected chi connectivity index (χ3v) is 5.54. The fourth-order valence-electron chi connectivity index (χ4n) is 2.62. The Kier molecular flexibility index (Phi) is 4.81. The van der Waals surface area contributed by atoms with Crippen molar-refractivity contribution in [2.75, 3.05) is 0 Å². The minimum atomic E-state index is -3.72. The maximum absolute atomic E-state index is 12.6. The van der Waals surface area contributed by atoms with E-state index in [4.69, 9.17) is 8.94 Å². The molecule has 0 atom stereocenters. The predicted molar refractivity (Wildman–Crippen MR) is 103 cm³/mol. The van der Waals surface area contributed by atoms with Crippen molar-refractivity contribution in [3.05, 3.63) is 78.3 Å². The van der Waals surface area contributed by atoms with Gasteiger partial charge in [-0.1, -0.05) is 41.1 Å². The van der Waals surface area contributed by atoms with Gasteiger partial charge < -0.3 is 8.94 Å². The van der Waals surface area contributed by atoms with Crippen molar-refractivity contribution in [2.24, 2.45) is 0 Å². The SMILES string of the molecule is Cc1ccc(-c2noc(-c3cccc(S(=O)(=O)NCc4ccco4)c3)n2)cc1. The Morgan fingerprint density at radius 3 is 2.57 bits per heavy atom. The van der Waals surface area contributed by atoms with E-state index in [9.17, 15) is 8.42 Å². The van der Waals surface area contributed by atoms with Crippen LogP contribution in [0, 0.1) is 6.92 Å². The fourth-order valence-corrected chi connectivity index (χ4v) is 3.66. The number of furan rings is 1. The summed E-state index contributed by atoms with van der Waals surface area (Å²) in [5, 5.41) is 3.99. The van der Waals surface area contributed by atoms with E-state index < -0.39 is 10.0 Å². The van der Waals surface area contributed by atoms with Crippen molar-refractivity contribution in [2.45, 2.75) is 18.4 Å². The Hall–Kier alpha value is -3.23. The molecule has 0 spiro atoms. The molecule has 0 unspecified atom stereocenters. The third kappa shape index (κ3) is 3.88. The van der Waals surface area contributed by atoms with Crippen molar-refractivity contribution in [3.63, 3.8) is 0 Å². The van der Waals surface area contributed by atoms with E-state index in [2.05, 4.69) is 14.9 Å². The number of aryl methyl sites for hydroxylation is 1. The van der Waals surface area contributed by atoms with Gasteiger partial charge in [0.15, 0.2) is 0 Å². The Morgan fingerprint density at radius 2 is 1.82 bits per heavy atom. The molecular weight excluding hydrogens is 378 g/mol. The van der Waals surface area contributed by atoms with Gasteiger partial charge in [0, 0.05) is 11.1 Å². The lowest BCUT2D eigenvalue weighted by molar-refractivity contribution is 0.432. The van der Waals surface area contributed by atoms with Gasteiger partial charge in [0.05, 0.1) is 17.7 Å². The first-order valence-corrected chi connectivity index (χ1v) is 10.0. The fraction of sp³-hybridized carbons (Fsp3) is 0.100. The second-order valence-electron chi connectivity index (χ2n) is 6.22. The Bertz CT molecular complexity index is 1180. The lowest BCUT2D eigenvalue weighted by Crippen LogP contribution is -2.23. The van der Waals surface area contributed by atoms with Crippen molar-refractivity contribution in [3.8, 4) is 22.8 Å². The number of sulfonamides is 1. The van der Waals surface area contributed by atoms with E-state index in [0.717, 1.165) is 11.1 Å². The van der Waals surface area contributed by atoms with Crippen molar-refractivity contribution in [1.29, 1.82) is 0 Å². The zero-order chi connectivity index (χ0) is 19.6. The summed E-state index contributed by atoms with van der Waals surface area (Å²) in [6, 6.07) is 17.5. The smallest absolute Gasteiger partial charge is 0.258 e. The van der Waals surface area contributed by atoms with Gasteiger partial charge in [0.25, 0.3) is 5.89 Å². The molecule has 0 aliphatic carbocycles. The molecule has 0 amide bonds. The molecule has 2 aromatic heterocycles. The van der Waals surface area contributed by atoms with Crippen LogP contribution in [0.1, 0.15) is 11.3 Å². The van der Waals surface area contributed by atoms with E-state index in [1.165, 1.54) is 18.4 Å². The second-order valence-corrected chi connectivity index (χ2v) is 7.99. The summed E-state index contributed by atoms with van der Waals surface area (Å²) < 4.78 is 38.1. The first-order valence-electron chi connectivity index (χ1n) is 8.54. The van der Waals surface area contributed by atoms with Gasteiger partial charge in [-0.25, -0.2) is 13.1 Å². The molecule has 7 nitrogen and oxygen atoms in total. The maximum Gasteiger partial charge on any atom is 0.258 e. The predicted octanol–water partition coefficient (Wildman–Crippen LogP) is 3.78. The lowest BCUT2D eigenvalue weighted by Gasteiger charge is -2.06. The van der Waals surface area contributed by atoms with E-state index in [1.54, 1.807) is 24.3 Å². The Labute approximate surface area is 162 Å². The van der Waals surface area contributed by atoms with Gasteiger partial charge in [-0.2, -0.15) is 4.98 Å². The van der Waals surface area contributed by atoms with Gasteiger partial charge in [-0.15, -0.1) is 0 Å². The van der Waals surface area contributed by atoms with Gasteiger partial charge >= 0.3 is 0 Å². The van der Waals surface area contributed by atoms with Crippen LogP contribution in [0.5, 0.6) is 0 Å². The minimum Gasteiger partial charge on any atom is -0.468 e. The number of hydrogen-bond donors (Lipinski definition) is 1. The molecule has 0 aliphatic rings. The molecule has 0 fully saturated rings. The zero-order valence-corrected chi connectivity index (χ0v) is 15.8. The van der Waals surface area contributed by atoms with Crippen LogP contribution in [0.4, 0.5) is 0 Å². The van der Waals surface area contributed by atoms with Gasteiger partial charge in [-0.3, -0.25) is 0 Å². The summed E-state index contributed by atoms with van der Waals surface area (Å²) in [7, 11) is -3.72. The van der Waals surface area contributed by atoms with Crippen LogP contribution in [-0.2, 0) is 16.6 Å². The molecule has 28 heavy (non-hydrogen) atoms. The average Bonchev–Trinajstić information content (AvgIpc) is 3.39. The summed E-state index contributed by atoms with van der Waals surface area (Å²) >= 11 is 0. The molecule has 0 radical (unpaired) electrons. The molecule has 0 saturated carbocycles. The highest BCUT2D eigenvalue weighted by Gasteiger charge is 2.17. The number of rotatable bonds is 6. The van der Waals surface area contributed by atoms with Crippen LogP contribution in [0.25, 0.3) is 22.8 Å². The first kappa shape index (κ1) is 18.1. The van der Waals surface area contributed by atoms with Crippen LogP contribution < -0.4 is 4.72 Å². The highest BCUT2D eigenvalue weighted by molar-refractivity contribution is 7.89. The summed E-state index contributed by atoms with van der Waals surface area (Å²) in [4.78, 5) is 4.49.